The van der Waals surface area contributed by atoms with Crippen molar-refractivity contribution in [3.8, 4) is 0 Å². The Labute approximate surface area is 116 Å². The topological polar surface area (TPSA) is 17.1 Å². The number of carbonyl (C=O) groups is 1. The summed E-state index contributed by atoms with van der Waals surface area (Å²) in [6.45, 7) is 0. The van der Waals surface area contributed by atoms with Crippen LogP contribution >= 0.6 is 23.4 Å². The molecule has 0 saturated heterocycles. The van der Waals surface area contributed by atoms with Gasteiger partial charge in [0.2, 0.25) is 0 Å². The molecule has 0 bridgehead atoms. The molecule has 0 aliphatic rings. The Morgan fingerprint density at radius 1 is 1.11 bits per heavy atom. The molecule has 0 aliphatic carbocycles. The zero-order valence-corrected chi connectivity index (χ0v) is 11.6. The molecule has 1 nitrogen and oxygen atoms in total. The molecule has 18 heavy (non-hydrogen) atoms. The van der Waals surface area contributed by atoms with E-state index in [0.29, 0.717) is 17.0 Å². The van der Waals surface area contributed by atoms with Gasteiger partial charge in [0.05, 0.1) is 5.02 Å². The van der Waals surface area contributed by atoms with Gasteiger partial charge in [0.25, 0.3) is 0 Å². The quantitative estimate of drug-likeness (QED) is 0.605. The minimum Gasteiger partial charge on any atom is -0.294 e. The maximum absolute atomic E-state index is 12.1. The maximum Gasteiger partial charge on any atom is 0.168 e. The first-order chi connectivity index (χ1) is 8.70. The molecule has 0 aromatic heterocycles. The highest BCUT2D eigenvalue weighted by atomic mass is 35.5. The molecule has 0 saturated carbocycles. The fourth-order valence-electron chi connectivity index (χ4n) is 1.71. The predicted octanol–water partition coefficient (Wildman–Crippen LogP) is 4.49. The van der Waals surface area contributed by atoms with E-state index >= 15 is 0 Å². The first kappa shape index (κ1) is 13.2. The van der Waals surface area contributed by atoms with Crippen LogP contribution < -0.4 is 0 Å². The minimum absolute atomic E-state index is 0.0532. The zero-order chi connectivity index (χ0) is 13.0. The first-order valence-corrected chi connectivity index (χ1v) is 7.21. The molecular weight excluding hydrogens is 264 g/mol. The number of thioether (sulfide) groups is 1. The second kappa shape index (κ2) is 6.07. The van der Waals surface area contributed by atoms with E-state index in [2.05, 4.69) is 0 Å². The van der Waals surface area contributed by atoms with E-state index in [0.717, 1.165) is 5.56 Å². The number of Topliss-reactive ketones (excluding diaryl/α,β-unsaturated/α-hetero) is 1. The van der Waals surface area contributed by atoms with Crippen LogP contribution in [0.4, 0.5) is 0 Å². The molecule has 0 heterocycles. The van der Waals surface area contributed by atoms with Gasteiger partial charge in [0.15, 0.2) is 5.78 Å². The predicted molar refractivity (Wildman–Crippen MR) is 77.7 cm³/mol. The fraction of sp³-hybridized carbons (Fsp3) is 0.133. The Morgan fingerprint density at radius 2 is 1.78 bits per heavy atom. The average molecular weight is 277 g/mol. The van der Waals surface area contributed by atoms with Crippen LogP contribution in [0.25, 0.3) is 0 Å². The van der Waals surface area contributed by atoms with E-state index in [1.807, 2.05) is 42.7 Å². The number of carbonyl (C=O) groups excluding carboxylic acids is 1. The molecule has 92 valence electrons. The number of ketones is 1. The lowest BCUT2D eigenvalue weighted by molar-refractivity contribution is 0.0993. The van der Waals surface area contributed by atoms with Crippen molar-refractivity contribution < 1.29 is 4.79 Å². The van der Waals surface area contributed by atoms with Gasteiger partial charge in [0, 0.05) is 16.9 Å². The number of rotatable bonds is 4. The zero-order valence-electron chi connectivity index (χ0n) is 10.0. The lowest BCUT2D eigenvalue weighted by Crippen LogP contribution is -2.04. The normalized spacial score (nSPS) is 10.3. The Morgan fingerprint density at radius 3 is 2.39 bits per heavy atom. The number of hydrogen-bond donors (Lipinski definition) is 0. The molecule has 2 aromatic rings. The van der Waals surface area contributed by atoms with Gasteiger partial charge in [-0.3, -0.25) is 4.79 Å². The van der Waals surface area contributed by atoms with Crippen LogP contribution in [0.1, 0.15) is 15.9 Å². The van der Waals surface area contributed by atoms with Crippen molar-refractivity contribution in [2.45, 2.75) is 11.3 Å². The van der Waals surface area contributed by atoms with Crippen LogP contribution in [-0.4, -0.2) is 12.0 Å². The van der Waals surface area contributed by atoms with Gasteiger partial charge < -0.3 is 0 Å². The van der Waals surface area contributed by atoms with Gasteiger partial charge >= 0.3 is 0 Å². The lowest BCUT2D eigenvalue weighted by atomic mass is 10.0. The summed E-state index contributed by atoms with van der Waals surface area (Å²) in [7, 11) is 0. The van der Waals surface area contributed by atoms with Crippen molar-refractivity contribution in [1.29, 1.82) is 0 Å². The third-order valence-corrected chi connectivity index (χ3v) is 3.77. The van der Waals surface area contributed by atoms with Crippen LogP contribution in [0, 0.1) is 0 Å². The highest BCUT2D eigenvalue weighted by molar-refractivity contribution is 7.98. The standard InChI is InChI=1S/C15H13ClOS/c1-18-12-8-6-11(7-9-12)10-15(17)13-4-2-3-5-14(13)16/h2-9H,10H2,1H3. The van der Waals surface area contributed by atoms with Crippen LogP contribution in [0.2, 0.25) is 5.02 Å². The number of hydrogen-bond acceptors (Lipinski definition) is 2. The highest BCUT2D eigenvalue weighted by Crippen LogP contribution is 2.19. The van der Waals surface area contributed by atoms with Crippen molar-refractivity contribution in [2.75, 3.05) is 6.26 Å². The van der Waals surface area contributed by atoms with Gasteiger partial charge in [-0.25, -0.2) is 0 Å². The van der Waals surface area contributed by atoms with Gasteiger partial charge in [0.1, 0.15) is 0 Å². The average Bonchev–Trinajstić information content (AvgIpc) is 2.40. The summed E-state index contributed by atoms with van der Waals surface area (Å²) >= 11 is 7.70. The molecule has 2 rings (SSSR count). The van der Waals surface area contributed by atoms with Gasteiger partial charge in [-0.15, -0.1) is 11.8 Å². The molecule has 0 N–H and O–H groups in total. The molecule has 0 atom stereocenters. The molecule has 3 heteroatoms. The van der Waals surface area contributed by atoms with Gasteiger partial charge in [-0.1, -0.05) is 35.9 Å². The molecule has 2 aromatic carbocycles. The van der Waals surface area contributed by atoms with Crippen LogP contribution in [0.15, 0.2) is 53.4 Å². The van der Waals surface area contributed by atoms with Crippen molar-refractivity contribution in [3.63, 3.8) is 0 Å². The Bertz CT molecular complexity index is 549. The van der Waals surface area contributed by atoms with Crippen molar-refractivity contribution in [1.82, 2.24) is 0 Å². The summed E-state index contributed by atoms with van der Waals surface area (Å²) in [4.78, 5) is 13.3. The Kier molecular flexibility index (Phi) is 4.45. The number of halogens is 1. The van der Waals surface area contributed by atoms with Crippen LogP contribution in [-0.2, 0) is 6.42 Å². The van der Waals surface area contributed by atoms with E-state index in [1.165, 1.54) is 4.90 Å². The van der Waals surface area contributed by atoms with E-state index in [1.54, 1.807) is 23.9 Å². The van der Waals surface area contributed by atoms with E-state index < -0.39 is 0 Å². The Hall–Kier alpha value is -1.25. The monoisotopic (exact) mass is 276 g/mol. The van der Waals surface area contributed by atoms with E-state index in [9.17, 15) is 4.79 Å². The third-order valence-electron chi connectivity index (χ3n) is 2.70. The summed E-state index contributed by atoms with van der Waals surface area (Å²) < 4.78 is 0. The summed E-state index contributed by atoms with van der Waals surface area (Å²) in [5.41, 5.74) is 1.60. The van der Waals surface area contributed by atoms with Crippen LogP contribution in [0.5, 0.6) is 0 Å². The summed E-state index contributed by atoms with van der Waals surface area (Å²) in [6, 6.07) is 15.2. The summed E-state index contributed by atoms with van der Waals surface area (Å²) in [5, 5.41) is 0.517. The largest absolute Gasteiger partial charge is 0.294 e. The first-order valence-electron chi connectivity index (χ1n) is 5.61. The fourth-order valence-corrected chi connectivity index (χ4v) is 2.36. The summed E-state index contributed by atoms with van der Waals surface area (Å²) in [6.07, 6.45) is 2.42. The summed E-state index contributed by atoms with van der Waals surface area (Å²) in [5.74, 6) is 0.0532. The minimum atomic E-state index is 0.0532. The van der Waals surface area contributed by atoms with Crippen molar-refractivity contribution in [2.24, 2.45) is 0 Å². The van der Waals surface area contributed by atoms with Crippen molar-refractivity contribution >= 4 is 29.1 Å². The second-order valence-electron chi connectivity index (χ2n) is 3.93. The maximum atomic E-state index is 12.1. The second-order valence-corrected chi connectivity index (χ2v) is 5.21. The van der Waals surface area contributed by atoms with Gasteiger partial charge in [-0.05, 0) is 36.1 Å². The van der Waals surface area contributed by atoms with Crippen LogP contribution in [0.3, 0.4) is 0 Å². The molecule has 0 radical (unpaired) electrons. The molecule has 0 amide bonds. The Balaban J connectivity index is 2.14. The SMILES string of the molecule is CSc1ccc(CC(=O)c2ccccc2Cl)cc1. The number of benzene rings is 2. The van der Waals surface area contributed by atoms with E-state index in [-0.39, 0.29) is 5.78 Å². The molecule has 0 unspecified atom stereocenters. The molecular formula is C15H13ClOS. The molecule has 0 spiro atoms. The highest BCUT2D eigenvalue weighted by Gasteiger charge is 2.10. The smallest absolute Gasteiger partial charge is 0.168 e. The third kappa shape index (κ3) is 3.15. The van der Waals surface area contributed by atoms with Crippen molar-refractivity contribution in [3.05, 3.63) is 64.7 Å². The lowest BCUT2D eigenvalue weighted by Gasteiger charge is -2.04. The molecule has 0 aliphatic heterocycles. The molecule has 0 fully saturated rings. The van der Waals surface area contributed by atoms with Gasteiger partial charge in [-0.2, -0.15) is 0 Å². The van der Waals surface area contributed by atoms with E-state index in [4.69, 9.17) is 11.6 Å².